The van der Waals surface area contributed by atoms with Gasteiger partial charge in [0.25, 0.3) is 5.91 Å². The molecule has 7 nitrogen and oxygen atoms in total. The smallest absolute Gasteiger partial charge is 0.271 e. The van der Waals surface area contributed by atoms with Crippen molar-refractivity contribution in [3.8, 4) is 11.5 Å². The van der Waals surface area contributed by atoms with Gasteiger partial charge in [-0.25, -0.2) is 9.97 Å². The summed E-state index contributed by atoms with van der Waals surface area (Å²) >= 11 is 0. The van der Waals surface area contributed by atoms with Crippen LogP contribution in [0.15, 0.2) is 30.6 Å². The van der Waals surface area contributed by atoms with Gasteiger partial charge in [-0.1, -0.05) is 19.9 Å². The Morgan fingerprint density at radius 3 is 2.79 bits per heavy atom. The normalized spacial score (nSPS) is 12.3. The Labute approximate surface area is 140 Å². The molecule has 0 fully saturated rings. The predicted octanol–water partition coefficient (Wildman–Crippen LogP) is 2.20. The van der Waals surface area contributed by atoms with E-state index in [1.165, 1.54) is 6.20 Å². The summed E-state index contributed by atoms with van der Waals surface area (Å²) < 4.78 is 10.6. The first-order valence-electron chi connectivity index (χ1n) is 7.84. The Bertz CT molecular complexity index is 716. The Balaban J connectivity index is 1.55. The second-order valence-electron chi connectivity index (χ2n) is 5.93. The maximum absolute atomic E-state index is 12.1. The van der Waals surface area contributed by atoms with Crippen molar-refractivity contribution in [3.05, 3.63) is 41.9 Å². The Kier molecular flexibility index (Phi) is 4.79. The molecule has 2 aromatic rings. The Morgan fingerprint density at radius 1 is 1.21 bits per heavy atom. The fraction of sp³-hybridized carbons (Fsp3) is 0.353. The number of benzene rings is 1. The molecule has 1 amide bonds. The second-order valence-corrected chi connectivity index (χ2v) is 5.93. The minimum absolute atomic E-state index is 0.234. The van der Waals surface area contributed by atoms with Gasteiger partial charge in [-0.15, -0.1) is 0 Å². The number of hydrogen-bond acceptors (Lipinski definition) is 6. The lowest BCUT2D eigenvalue weighted by Gasteiger charge is -2.08. The van der Waals surface area contributed by atoms with Crippen LogP contribution in [0.2, 0.25) is 0 Å². The molecule has 0 unspecified atom stereocenters. The minimum atomic E-state index is -0.268. The van der Waals surface area contributed by atoms with Crippen LogP contribution in [0.25, 0.3) is 0 Å². The summed E-state index contributed by atoms with van der Waals surface area (Å²) in [7, 11) is 0. The Morgan fingerprint density at radius 2 is 2.04 bits per heavy atom. The average Bonchev–Trinajstić information content (AvgIpc) is 3.06. The van der Waals surface area contributed by atoms with E-state index in [0.717, 1.165) is 17.9 Å². The maximum Gasteiger partial charge on any atom is 0.271 e. The number of amides is 1. The van der Waals surface area contributed by atoms with E-state index in [9.17, 15) is 4.79 Å². The minimum Gasteiger partial charge on any atom is -0.454 e. The zero-order valence-electron chi connectivity index (χ0n) is 13.7. The van der Waals surface area contributed by atoms with Gasteiger partial charge in [0.1, 0.15) is 11.5 Å². The summed E-state index contributed by atoms with van der Waals surface area (Å²) in [4.78, 5) is 20.5. The molecule has 0 radical (unpaired) electrons. The van der Waals surface area contributed by atoms with E-state index in [0.29, 0.717) is 24.0 Å². The van der Waals surface area contributed by atoms with Crippen LogP contribution in [-0.2, 0) is 6.54 Å². The zero-order valence-corrected chi connectivity index (χ0v) is 13.7. The van der Waals surface area contributed by atoms with Gasteiger partial charge in [-0.2, -0.15) is 0 Å². The topological polar surface area (TPSA) is 85.4 Å². The van der Waals surface area contributed by atoms with Crippen LogP contribution in [0.3, 0.4) is 0 Å². The molecule has 1 aromatic carbocycles. The summed E-state index contributed by atoms with van der Waals surface area (Å²) in [6, 6.07) is 5.57. The molecule has 7 heteroatoms. The largest absolute Gasteiger partial charge is 0.454 e. The van der Waals surface area contributed by atoms with E-state index >= 15 is 0 Å². The number of fused-ring (bicyclic) bond motifs is 1. The van der Waals surface area contributed by atoms with E-state index in [1.54, 1.807) is 6.20 Å². The molecule has 24 heavy (non-hydrogen) atoms. The third-order valence-corrected chi connectivity index (χ3v) is 3.47. The summed E-state index contributed by atoms with van der Waals surface area (Å²) in [5, 5.41) is 5.98. The first-order valence-corrected chi connectivity index (χ1v) is 7.84. The number of nitrogens with one attached hydrogen (secondary N) is 2. The molecule has 3 rings (SSSR count). The highest BCUT2D eigenvalue weighted by Crippen LogP contribution is 2.32. The summed E-state index contributed by atoms with van der Waals surface area (Å²) in [5.74, 6) is 2.32. The van der Waals surface area contributed by atoms with Gasteiger partial charge in [0, 0.05) is 13.1 Å². The number of hydrogen-bond donors (Lipinski definition) is 2. The molecular formula is C17H20N4O3. The van der Waals surface area contributed by atoms with Crippen molar-refractivity contribution < 1.29 is 14.3 Å². The van der Waals surface area contributed by atoms with Crippen LogP contribution in [0.1, 0.15) is 29.9 Å². The number of rotatable bonds is 6. The van der Waals surface area contributed by atoms with E-state index < -0.39 is 0 Å². The highest BCUT2D eigenvalue weighted by atomic mass is 16.7. The molecule has 1 aromatic heterocycles. The number of anilines is 1. The SMILES string of the molecule is CC(C)CNc1cnc(C(=O)NCc2ccc3c(c2)OCO3)cn1. The molecule has 126 valence electrons. The molecular weight excluding hydrogens is 308 g/mol. The lowest BCUT2D eigenvalue weighted by atomic mass is 10.2. The quantitative estimate of drug-likeness (QED) is 0.845. The average molecular weight is 328 g/mol. The molecule has 1 aliphatic heterocycles. The van der Waals surface area contributed by atoms with Crippen LogP contribution >= 0.6 is 0 Å². The number of carbonyl (C=O) groups excluding carboxylic acids is 1. The van der Waals surface area contributed by atoms with Gasteiger partial charge in [-0.05, 0) is 23.6 Å². The summed E-state index contributed by atoms with van der Waals surface area (Å²) in [6.07, 6.45) is 3.04. The number of ether oxygens (including phenoxy) is 2. The van der Waals surface area contributed by atoms with Crippen molar-refractivity contribution in [1.82, 2.24) is 15.3 Å². The number of nitrogens with zero attached hydrogens (tertiary/aromatic N) is 2. The van der Waals surface area contributed by atoms with Crippen molar-refractivity contribution in [2.75, 3.05) is 18.7 Å². The van der Waals surface area contributed by atoms with Crippen LogP contribution in [0.5, 0.6) is 11.5 Å². The van der Waals surface area contributed by atoms with Gasteiger partial charge in [-0.3, -0.25) is 4.79 Å². The first kappa shape index (κ1) is 16.0. The molecule has 2 N–H and O–H groups in total. The lowest BCUT2D eigenvalue weighted by molar-refractivity contribution is 0.0945. The predicted molar refractivity (Wildman–Crippen MR) is 89.1 cm³/mol. The molecule has 1 aliphatic rings. The fourth-order valence-corrected chi connectivity index (χ4v) is 2.17. The molecule has 0 spiro atoms. The first-order chi connectivity index (χ1) is 11.6. The van der Waals surface area contributed by atoms with Crippen molar-refractivity contribution in [3.63, 3.8) is 0 Å². The van der Waals surface area contributed by atoms with Crippen molar-refractivity contribution in [2.24, 2.45) is 5.92 Å². The molecule has 0 bridgehead atoms. The van der Waals surface area contributed by atoms with Crippen molar-refractivity contribution in [1.29, 1.82) is 0 Å². The van der Waals surface area contributed by atoms with Crippen LogP contribution in [0.4, 0.5) is 5.82 Å². The molecule has 0 aliphatic carbocycles. The third kappa shape index (κ3) is 3.92. The van der Waals surface area contributed by atoms with E-state index in [4.69, 9.17) is 9.47 Å². The third-order valence-electron chi connectivity index (χ3n) is 3.47. The molecule has 0 atom stereocenters. The highest BCUT2D eigenvalue weighted by molar-refractivity contribution is 5.91. The van der Waals surface area contributed by atoms with Gasteiger partial charge >= 0.3 is 0 Å². The van der Waals surface area contributed by atoms with Crippen LogP contribution in [0, 0.1) is 5.92 Å². The Hall–Kier alpha value is -2.83. The van der Waals surface area contributed by atoms with Crippen LogP contribution in [-0.4, -0.2) is 29.2 Å². The van der Waals surface area contributed by atoms with Crippen molar-refractivity contribution >= 4 is 11.7 Å². The summed E-state index contributed by atoms with van der Waals surface area (Å²) in [6.45, 7) is 5.64. The maximum atomic E-state index is 12.1. The lowest BCUT2D eigenvalue weighted by Crippen LogP contribution is -2.24. The molecule has 0 saturated heterocycles. The monoisotopic (exact) mass is 328 g/mol. The fourth-order valence-electron chi connectivity index (χ4n) is 2.17. The van der Waals surface area contributed by atoms with Gasteiger partial charge in [0.05, 0.1) is 12.4 Å². The standard InChI is InChI=1S/C17H20N4O3/c1-11(2)6-19-16-9-18-13(8-20-16)17(22)21-7-12-3-4-14-15(5-12)24-10-23-14/h3-5,8-9,11H,6-7,10H2,1-2H3,(H,19,20)(H,21,22). The van der Waals surface area contributed by atoms with Gasteiger partial charge < -0.3 is 20.1 Å². The van der Waals surface area contributed by atoms with E-state index in [1.807, 2.05) is 18.2 Å². The summed E-state index contributed by atoms with van der Waals surface area (Å²) in [5.41, 5.74) is 1.21. The van der Waals surface area contributed by atoms with Gasteiger partial charge in [0.15, 0.2) is 11.5 Å². The molecule has 2 heterocycles. The van der Waals surface area contributed by atoms with E-state index in [2.05, 4.69) is 34.4 Å². The molecule has 0 saturated carbocycles. The second kappa shape index (κ2) is 7.16. The van der Waals surface area contributed by atoms with Crippen molar-refractivity contribution in [2.45, 2.75) is 20.4 Å². The van der Waals surface area contributed by atoms with E-state index in [-0.39, 0.29) is 18.4 Å². The zero-order chi connectivity index (χ0) is 16.9. The highest BCUT2D eigenvalue weighted by Gasteiger charge is 2.14. The number of carbonyl (C=O) groups is 1. The number of aromatic nitrogens is 2. The van der Waals surface area contributed by atoms with Crippen LogP contribution < -0.4 is 20.1 Å². The van der Waals surface area contributed by atoms with Gasteiger partial charge in [0.2, 0.25) is 6.79 Å².